The van der Waals surface area contributed by atoms with Crippen LogP contribution in [-0.4, -0.2) is 19.1 Å². The topological polar surface area (TPSA) is 83.2 Å². The van der Waals surface area contributed by atoms with Crippen molar-refractivity contribution in [1.82, 2.24) is 19.1 Å². The molecule has 2 heterocycles. The molecule has 14 aromatic rings. The molecular weight excluding hydrogens is 805 g/mol. The molecule has 0 atom stereocenters. The molecule has 0 saturated carbocycles. The lowest BCUT2D eigenvalue weighted by Crippen LogP contribution is -1.99. The summed E-state index contributed by atoms with van der Waals surface area (Å²) in [4.78, 5) is 10.9. The third-order valence-corrected chi connectivity index (χ3v) is 13.7. The maximum atomic E-state index is 9.64. The zero-order valence-electron chi connectivity index (χ0n) is 35.2. The lowest BCUT2D eigenvalue weighted by molar-refractivity contribution is 1.10. The molecule has 0 amide bonds. The molecule has 302 valence electrons. The predicted octanol–water partition coefficient (Wildman–Crippen LogP) is 14.9. The molecule has 66 heavy (non-hydrogen) atoms. The van der Waals surface area contributed by atoms with Crippen LogP contribution >= 0.6 is 0 Å². The molecule has 2 aromatic heterocycles. The highest BCUT2D eigenvalue weighted by Crippen LogP contribution is 2.45. The van der Waals surface area contributed by atoms with Crippen LogP contribution in [0, 0.1) is 22.7 Å². The number of aromatic nitrogens is 4. The van der Waals surface area contributed by atoms with Gasteiger partial charge in [0.15, 0.2) is 0 Å². The summed E-state index contributed by atoms with van der Waals surface area (Å²) < 4.78 is 4.58. The number of nitriles is 2. The average Bonchev–Trinajstić information content (AvgIpc) is 3.99. The van der Waals surface area contributed by atoms with E-state index in [2.05, 4.69) is 167 Å². The standard InChI is InChI=1S/C60H32N6/c61-33-35-13-17-43(18-14-35)59-63-55-47-9-1-5-39-21-23-41-7-3-11-49(53(41)51(39)47)57(55)65(59)45-29-25-37(26-30-45)38-27-31-46(32-28-38)66-58-50-12-4-8-42-24-22-40-6-2-10-48(52(40)54(42)50)56(58)64-60(66)44-19-15-36(34-62)16-20-44/h1-32H. The third-order valence-electron chi connectivity index (χ3n) is 13.7. The van der Waals surface area contributed by atoms with Gasteiger partial charge >= 0.3 is 0 Å². The van der Waals surface area contributed by atoms with Crippen molar-refractivity contribution in [1.29, 1.82) is 10.5 Å². The largest absolute Gasteiger partial charge is 0.292 e. The number of hydrogen-bond acceptors (Lipinski definition) is 4. The van der Waals surface area contributed by atoms with Gasteiger partial charge in [-0.05, 0) is 127 Å². The van der Waals surface area contributed by atoms with Gasteiger partial charge in [-0.25, -0.2) is 9.97 Å². The molecule has 0 aliphatic carbocycles. The minimum absolute atomic E-state index is 0.609. The Kier molecular flexibility index (Phi) is 7.43. The molecule has 0 bridgehead atoms. The van der Waals surface area contributed by atoms with Crippen LogP contribution in [0.3, 0.4) is 0 Å². The van der Waals surface area contributed by atoms with Crippen LogP contribution < -0.4 is 0 Å². The number of imidazole rings is 2. The Hall–Kier alpha value is -9.36. The maximum absolute atomic E-state index is 9.64. The smallest absolute Gasteiger partial charge is 0.145 e. The molecule has 0 saturated heterocycles. The van der Waals surface area contributed by atoms with Gasteiger partial charge in [-0.2, -0.15) is 10.5 Å². The number of benzene rings is 12. The fraction of sp³-hybridized carbons (Fsp3) is 0. The first kappa shape index (κ1) is 36.2. The van der Waals surface area contributed by atoms with Crippen LogP contribution in [0.1, 0.15) is 11.1 Å². The van der Waals surface area contributed by atoms with Crippen molar-refractivity contribution in [2.75, 3.05) is 0 Å². The van der Waals surface area contributed by atoms with E-state index >= 15 is 0 Å². The number of nitrogens with zero attached hydrogens (tertiary/aromatic N) is 6. The second-order valence-corrected chi connectivity index (χ2v) is 17.2. The minimum atomic E-state index is 0.609. The predicted molar refractivity (Wildman–Crippen MR) is 269 cm³/mol. The molecule has 14 rings (SSSR count). The van der Waals surface area contributed by atoms with E-state index in [9.17, 15) is 10.5 Å². The SMILES string of the molecule is N#Cc1ccc(-c2nc3c4cccc5ccc6cccc(c6c54)c3n2-c2ccc(-c3ccc(-n4c(-c5ccc(C#N)cc5)nc5c6cccc7ccc8cccc(c8c76)c54)cc3)cc2)cc1. The van der Waals surface area contributed by atoms with E-state index in [0.717, 1.165) is 88.9 Å². The first-order valence-corrected chi connectivity index (χ1v) is 22.0. The Morgan fingerprint density at radius 3 is 0.985 bits per heavy atom. The molecule has 0 aliphatic rings. The van der Waals surface area contributed by atoms with Crippen LogP contribution in [0.4, 0.5) is 0 Å². The summed E-state index contributed by atoms with van der Waals surface area (Å²) in [6.45, 7) is 0. The van der Waals surface area contributed by atoms with E-state index in [1.807, 2.05) is 48.5 Å². The lowest BCUT2D eigenvalue weighted by atomic mass is 9.93. The van der Waals surface area contributed by atoms with Gasteiger partial charge in [0.05, 0.1) is 45.3 Å². The highest BCUT2D eigenvalue weighted by molar-refractivity contribution is 6.34. The molecule has 0 aliphatic heterocycles. The van der Waals surface area contributed by atoms with Crippen molar-refractivity contribution < 1.29 is 0 Å². The van der Waals surface area contributed by atoms with Gasteiger partial charge in [0, 0.05) is 44.0 Å². The van der Waals surface area contributed by atoms with Gasteiger partial charge in [0.2, 0.25) is 0 Å². The minimum Gasteiger partial charge on any atom is -0.292 e. The van der Waals surface area contributed by atoms with Crippen molar-refractivity contribution in [2.45, 2.75) is 0 Å². The van der Waals surface area contributed by atoms with Crippen molar-refractivity contribution in [2.24, 2.45) is 0 Å². The fourth-order valence-corrected chi connectivity index (χ4v) is 10.7. The Morgan fingerprint density at radius 2 is 0.636 bits per heavy atom. The normalized spacial score (nSPS) is 11.9. The van der Waals surface area contributed by atoms with E-state index < -0.39 is 0 Å². The number of rotatable bonds is 5. The van der Waals surface area contributed by atoms with Gasteiger partial charge in [-0.3, -0.25) is 9.13 Å². The molecule has 6 heteroatoms. The van der Waals surface area contributed by atoms with Crippen LogP contribution in [0.2, 0.25) is 0 Å². The maximum Gasteiger partial charge on any atom is 0.145 e. The summed E-state index contributed by atoms with van der Waals surface area (Å²) in [5.74, 6) is 1.64. The Bertz CT molecular complexity index is 4090. The summed E-state index contributed by atoms with van der Waals surface area (Å²) in [5.41, 5.74) is 11.3. The molecule has 0 spiro atoms. The van der Waals surface area contributed by atoms with E-state index in [0.29, 0.717) is 11.1 Å². The molecule has 0 unspecified atom stereocenters. The highest BCUT2D eigenvalue weighted by atomic mass is 15.1. The summed E-state index contributed by atoms with van der Waals surface area (Å²) in [6.07, 6.45) is 0. The summed E-state index contributed by atoms with van der Waals surface area (Å²) >= 11 is 0. The molecule has 6 nitrogen and oxygen atoms in total. The molecule has 12 aromatic carbocycles. The Balaban J connectivity index is 0.938. The van der Waals surface area contributed by atoms with Crippen LogP contribution in [-0.2, 0) is 0 Å². The summed E-state index contributed by atoms with van der Waals surface area (Å²) in [5, 5.41) is 33.6. The van der Waals surface area contributed by atoms with E-state index in [4.69, 9.17) is 9.97 Å². The van der Waals surface area contributed by atoms with Crippen molar-refractivity contribution in [3.05, 3.63) is 205 Å². The van der Waals surface area contributed by atoms with Crippen LogP contribution in [0.15, 0.2) is 194 Å². The summed E-state index contributed by atoms with van der Waals surface area (Å²) in [7, 11) is 0. The van der Waals surface area contributed by atoms with Gasteiger partial charge in [0.1, 0.15) is 11.6 Å². The first-order chi connectivity index (χ1) is 32.6. The fourth-order valence-electron chi connectivity index (χ4n) is 10.7. The van der Waals surface area contributed by atoms with Gasteiger partial charge in [-0.1, -0.05) is 121 Å². The third kappa shape index (κ3) is 5.04. The molecule has 0 radical (unpaired) electrons. The van der Waals surface area contributed by atoms with E-state index in [-0.39, 0.29) is 0 Å². The summed E-state index contributed by atoms with van der Waals surface area (Å²) in [6, 6.07) is 72.4. The zero-order chi connectivity index (χ0) is 43.6. The van der Waals surface area contributed by atoms with Crippen molar-refractivity contribution in [3.8, 4) is 57.4 Å². The number of fused-ring (bicyclic) bond motifs is 6. The second kappa shape index (κ2) is 13.6. The molecule has 0 fully saturated rings. The molecular formula is C60H32N6. The lowest BCUT2D eigenvalue weighted by Gasteiger charge is -2.16. The van der Waals surface area contributed by atoms with Crippen molar-refractivity contribution in [3.63, 3.8) is 0 Å². The van der Waals surface area contributed by atoms with E-state index in [1.165, 1.54) is 43.1 Å². The van der Waals surface area contributed by atoms with Gasteiger partial charge < -0.3 is 0 Å². The van der Waals surface area contributed by atoms with E-state index in [1.54, 1.807) is 0 Å². The first-order valence-electron chi connectivity index (χ1n) is 22.0. The average molecular weight is 837 g/mol. The van der Waals surface area contributed by atoms with Crippen molar-refractivity contribution >= 4 is 86.7 Å². The number of hydrogen-bond donors (Lipinski definition) is 0. The quantitative estimate of drug-likeness (QED) is 0.162. The van der Waals surface area contributed by atoms with Crippen LogP contribution in [0.5, 0.6) is 0 Å². The monoisotopic (exact) mass is 836 g/mol. The zero-order valence-corrected chi connectivity index (χ0v) is 35.2. The van der Waals surface area contributed by atoms with Gasteiger partial charge in [-0.15, -0.1) is 0 Å². The van der Waals surface area contributed by atoms with Crippen LogP contribution in [0.25, 0.3) is 132 Å². The molecule has 0 N–H and O–H groups in total. The Labute approximate surface area is 377 Å². The second-order valence-electron chi connectivity index (χ2n) is 17.2. The highest BCUT2D eigenvalue weighted by Gasteiger charge is 2.24. The van der Waals surface area contributed by atoms with Gasteiger partial charge in [0.25, 0.3) is 0 Å². The Morgan fingerprint density at radius 1 is 0.318 bits per heavy atom.